The van der Waals surface area contributed by atoms with Gasteiger partial charge in [-0.05, 0) is 19.9 Å². The Hall–Kier alpha value is -1.36. The van der Waals surface area contributed by atoms with E-state index in [0.29, 0.717) is 0 Å². The zero-order valence-corrected chi connectivity index (χ0v) is 10.1. The standard InChI is InChI=1S/C11H19N3O2/c1-7(2)12-10(11(15)16)9(4)14-6-5-8(3)13-14/h5-7,9-10,12H,1-4H3,(H,15,16). The van der Waals surface area contributed by atoms with Crippen LogP contribution >= 0.6 is 0 Å². The Kier molecular flexibility index (Phi) is 4.06. The molecule has 0 aliphatic carbocycles. The van der Waals surface area contributed by atoms with E-state index in [4.69, 9.17) is 5.11 Å². The minimum absolute atomic E-state index is 0.125. The second-order valence-electron chi connectivity index (χ2n) is 4.32. The first-order valence-corrected chi connectivity index (χ1v) is 5.42. The number of nitrogens with one attached hydrogen (secondary N) is 1. The van der Waals surface area contributed by atoms with Gasteiger partial charge in [0.2, 0.25) is 0 Å². The quantitative estimate of drug-likeness (QED) is 0.790. The number of carboxylic acid groups (broad SMARTS) is 1. The second kappa shape index (κ2) is 5.12. The highest BCUT2D eigenvalue weighted by atomic mass is 16.4. The summed E-state index contributed by atoms with van der Waals surface area (Å²) in [4.78, 5) is 11.2. The molecule has 1 heterocycles. The molecule has 0 bridgehead atoms. The van der Waals surface area contributed by atoms with Crippen LogP contribution in [0.15, 0.2) is 12.3 Å². The maximum atomic E-state index is 11.2. The predicted octanol–water partition coefficient (Wildman–Crippen LogP) is 1.20. The second-order valence-corrected chi connectivity index (χ2v) is 4.32. The lowest BCUT2D eigenvalue weighted by Crippen LogP contribution is -2.46. The van der Waals surface area contributed by atoms with Crippen LogP contribution in [-0.4, -0.2) is 32.9 Å². The van der Waals surface area contributed by atoms with Gasteiger partial charge in [-0.2, -0.15) is 5.10 Å². The molecule has 2 atom stereocenters. The first-order valence-electron chi connectivity index (χ1n) is 5.42. The highest BCUT2D eigenvalue weighted by molar-refractivity contribution is 5.74. The van der Waals surface area contributed by atoms with Gasteiger partial charge in [0.25, 0.3) is 0 Å². The molecule has 0 saturated heterocycles. The molecule has 0 radical (unpaired) electrons. The Morgan fingerprint density at radius 3 is 2.50 bits per heavy atom. The van der Waals surface area contributed by atoms with Crippen molar-refractivity contribution in [1.29, 1.82) is 0 Å². The average molecular weight is 225 g/mol. The Labute approximate surface area is 95.5 Å². The molecule has 0 amide bonds. The smallest absolute Gasteiger partial charge is 0.322 e. The molecule has 0 saturated carbocycles. The lowest BCUT2D eigenvalue weighted by atomic mass is 10.1. The lowest BCUT2D eigenvalue weighted by Gasteiger charge is -2.23. The van der Waals surface area contributed by atoms with Gasteiger partial charge in [-0.3, -0.25) is 9.48 Å². The number of hydrogen-bond acceptors (Lipinski definition) is 3. The molecule has 2 unspecified atom stereocenters. The monoisotopic (exact) mass is 225 g/mol. The van der Waals surface area contributed by atoms with Crippen molar-refractivity contribution in [3.63, 3.8) is 0 Å². The summed E-state index contributed by atoms with van der Waals surface area (Å²) in [5.41, 5.74) is 0.889. The predicted molar refractivity (Wildman–Crippen MR) is 61.4 cm³/mol. The SMILES string of the molecule is Cc1ccn(C(C)C(NC(C)C)C(=O)O)n1. The van der Waals surface area contributed by atoms with Crippen LogP contribution in [0.1, 0.15) is 32.5 Å². The maximum Gasteiger partial charge on any atom is 0.322 e. The highest BCUT2D eigenvalue weighted by Gasteiger charge is 2.26. The number of carboxylic acids is 1. The topological polar surface area (TPSA) is 67.2 Å². The third-order valence-corrected chi connectivity index (χ3v) is 2.42. The molecule has 0 aliphatic rings. The molecule has 16 heavy (non-hydrogen) atoms. The molecule has 0 aliphatic heterocycles. The van der Waals surface area contributed by atoms with Crippen molar-refractivity contribution >= 4 is 5.97 Å². The fraction of sp³-hybridized carbons (Fsp3) is 0.636. The number of nitrogens with zero attached hydrogens (tertiary/aromatic N) is 2. The van der Waals surface area contributed by atoms with E-state index in [1.54, 1.807) is 10.9 Å². The van der Waals surface area contributed by atoms with Crippen LogP contribution < -0.4 is 5.32 Å². The summed E-state index contributed by atoms with van der Waals surface area (Å²) in [6.45, 7) is 7.59. The van der Waals surface area contributed by atoms with Crippen LogP contribution in [0, 0.1) is 6.92 Å². The van der Waals surface area contributed by atoms with Crippen molar-refractivity contribution < 1.29 is 9.90 Å². The van der Waals surface area contributed by atoms with Crippen LogP contribution in [0.2, 0.25) is 0 Å². The zero-order chi connectivity index (χ0) is 12.3. The summed E-state index contributed by atoms with van der Waals surface area (Å²) in [5, 5.41) is 16.4. The number of carbonyl (C=O) groups is 1. The van der Waals surface area contributed by atoms with Crippen molar-refractivity contribution in [2.75, 3.05) is 0 Å². The summed E-state index contributed by atoms with van der Waals surface area (Å²) in [6.07, 6.45) is 1.80. The molecule has 1 rings (SSSR count). The first-order chi connectivity index (χ1) is 7.41. The summed E-state index contributed by atoms with van der Waals surface area (Å²) in [7, 11) is 0. The molecule has 0 fully saturated rings. The van der Waals surface area contributed by atoms with E-state index >= 15 is 0 Å². The van der Waals surface area contributed by atoms with Gasteiger partial charge in [0.15, 0.2) is 0 Å². The van der Waals surface area contributed by atoms with Crippen LogP contribution in [-0.2, 0) is 4.79 Å². The summed E-state index contributed by atoms with van der Waals surface area (Å²) >= 11 is 0. The summed E-state index contributed by atoms with van der Waals surface area (Å²) in [6, 6.07) is 1.15. The molecule has 1 aromatic heterocycles. The minimum Gasteiger partial charge on any atom is -0.480 e. The maximum absolute atomic E-state index is 11.2. The van der Waals surface area contributed by atoms with Crippen LogP contribution in [0.5, 0.6) is 0 Å². The van der Waals surface area contributed by atoms with Gasteiger partial charge < -0.3 is 10.4 Å². The van der Waals surface area contributed by atoms with Gasteiger partial charge in [-0.25, -0.2) is 0 Å². The van der Waals surface area contributed by atoms with Crippen molar-refractivity contribution in [3.8, 4) is 0 Å². The Balaban J connectivity index is 2.82. The molecule has 0 spiro atoms. The summed E-state index contributed by atoms with van der Waals surface area (Å²) < 4.78 is 1.68. The summed E-state index contributed by atoms with van der Waals surface area (Å²) in [5.74, 6) is -0.852. The zero-order valence-electron chi connectivity index (χ0n) is 10.1. The average Bonchev–Trinajstić information content (AvgIpc) is 2.59. The molecule has 1 aromatic rings. The molecule has 90 valence electrons. The van der Waals surface area contributed by atoms with Gasteiger partial charge in [0, 0.05) is 12.2 Å². The van der Waals surface area contributed by atoms with E-state index in [1.807, 2.05) is 33.8 Å². The number of aryl methyl sites for hydroxylation is 1. The van der Waals surface area contributed by atoms with Gasteiger partial charge in [0.1, 0.15) is 6.04 Å². The fourth-order valence-electron chi connectivity index (χ4n) is 1.59. The van der Waals surface area contributed by atoms with Crippen LogP contribution in [0.25, 0.3) is 0 Å². The molecule has 0 aromatic carbocycles. The third kappa shape index (κ3) is 3.06. The van der Waals surface area contributed by atoms with E-state index in [1.165, 1.54) is 0 Å². The largest absolute Gasteiger partial charge is 0.480 e. The van der Waals surface area contributed by atoms with Crippen LogP contribution in [0.3, 0.4) is 0 Å². The van der Waals surface area contributed by atoms with Crippen molar-refractivity contribution in [2.45, 2.75) is 45.8 Å². The Morgan fingerprint density at radius 1 is 1.50 bits per heavy atom. The van der Waals surface area contributed by atoms with Crippen molar-refractivity contribution in [1.82, 2.24) is 15.1 Å². The van der Waals surface area contributed by atoms with Gasteiger partial charge >= 0.3 is 5.97 Å². The van der Waals surface area contributed by atoms with E-state index in [0.717, 1.165) is 5.69 Å². The number of aromatic nitrogens is 2. The Morgan fingerprint density at radius 2 is 2.12 bits per heavy atom. The Bertz CT molecular complexity index is 360. The number of rotatable bonds is 5. The number of hydrogen-bond donors (Lipinski definition) is 2. The van der Waals surface area contributed by atoms with Crippen LogP contribution in [0.4, 0.5) is 0 Å². The molecular formula is C11H19N3O2. The molecular weight excluding hydrogens is 206 g/mol. The van der Waals surface area contributed by atoms with Crippen molar-refractivity contribution in [2.24, 2.45) is 0 Å². The third-order valence-electron chi connectivity index (χ3n) is 2.42. The fourth-order valence-corrected chi connectivity index (χ4v) is 1.59. The van der Waals surface area contributed by atoms with E-state index in [9.17, 15) is 4.79 Å². The molecule has 5 nitrogen and oxygen atoms in total. The van der Waals surface area contributed by atoms with Crippen molar-refractivity contribution in [3.05, 3.63) is 18.0 Å². The normalized spacial score (nSPS) is 15.1. The first kappa shape index (κ1) is 12.7. The van der Waals surface area contributed by atoms with Gasteiger partial charge in [-0.15, -0.1) is 0 Å². The van der Waals surface area contributed by atoms with Gasteiger partial charge in [-0.1, -0.05) is 13.8 Å². The molecule has 2 N–H and O–H groups in total. The minimum atomic E-state index is -0.852. The van der Waals surface area contributed by atoms with Gasteiger partial charge in [0.05, 0.1) is 11.7 Å². The highest BCUT2D eigenvalue weighted by Crippen LogP contribution is 2.11. The van der Waals surface area contributed by atoms with E-state index < -0.39 is 12.0 Å². The van der Waals surface area contributed by atoms with E-state index in [2.05, 4.69) is 10.4 Å². The number of aliphatic carboxylic acids is 1. The molecule has 5 heteroatoms. The lowest BCUT2D eigenvalue weighted by molar-refractivity contribution is -0.140. The van der Waals surface area contributed by atoms with E-state index in [-0.39, 0.29) is 12.1 Å².